The van der Waals surface area contributed by atoms with Crippen molar-refractivity contribution in [2.24, 2.45) is 35.0 Å². The molecular weight excluding hydrogens is 264 g/mol. The van der Waals surface area contributed by atoms with Gasteiger partial charge in [0.1, 0.15) is 0 Å². The maximum atomic E-state index is 12.8. The van der Waals surface area contributed by atoms with Crippen LogP contribution in [0, 0.1) is 35.0 Å². The van der Waals surface area contributed by atoms with Gasteiger partial charge in [-0.1, -0.05) is 13.8 Å². The van der Waals surface area contributed by atoms with E-state index in [9.17, 15) is 22.4 Å². The minimum absolute atomic E-state index is 0.116. The molecule has 4 bridgehead atoms. The summed E-state index contributed by atoms with van der Waals surface area (Å²) in [6.45, 7) is 2.50. The summed E-state index contributed by atoms with van der Waals surface area (Å²) >= 11 is 0. The van der Waals surface area contributed by atoms with E-state index in [2.05, 4.69) is 11.7 Å². The second-order valence-corrected chi connectivity index (χ2v) is 6.25. The molecule has 0 heterocycles. The van der Waals surface area contributed by atoms with Crippen LogP contribution in [0.15, 0.2) is 0 Å². The smallest absolute Gasteiger partial charge is 0.340 e. The number of esters is 1. The molecule has 0 aromatic carbocycles. The molecule has 6 heteroatoms. The highest BCUT2D eigenvalue weighted by Crippen LogP contribution is 2.83. The van der Waals surface area contributed by atoms with Crippen LogP contribution in [-0.4, -0.2) is 24.9 Å². The van der Waals surface area contributed by atoms with E-state index in [4.69, 9.17) is 0 Å². The molecule has 4 aliphatic carbocycles. The van der Waals surface area contributed by atoms with Gasteiger partial charge in [-0.2, -0.15) is 8.78 Å². The Bertz CT molecular complexity index is 421. The average molecular weight is 280 g/mol. The van der Waals surface area contributed by atoms with Crippen molar-refractivity contribution in [1.82, 2.24) is 0 Å². The van der Waals surface area contributed by atoms with Crippen LogP contribution in [0.25, 0.3) is 0 Å². The van der Waals surface area contributed by atoms with Crippen LogP contribution in [0.4, 0.5) is 17.6 Å². The lowest BCUT2D eigenvalue weighted by Crippen LogP contribution is -2.36. The quantitative estimate of drug-likeness (QED) is 0.584. The van der Waals surface area contributed by atoms with Gasteiger partial charge in [-0.15, -0.1) is 0 Å². The summed E-state index contributed by atoms with van der Waals surface area (Å²) in [5.41, 5.74) is -0.651. The Balaban J connectivity index is 1.68. The molecule has 0 amide bonds. The van der Waals surface area contributed by atoms with Gasteiger partial charge in [-0.25, -0.2) is 8.78 Å². The number of rotatable bonds is 4. The zero-order valence-corrected chi connectivity index (χ0v) is 10.7. The van der Waals surface area contributed by atoms with Crippen molar-refractivity contribution in [1.29, 1.82) is 0 Å². The van der Waals surface area contributed by atoms with E-state index in [1.807, 2.05) is 6.92 Å². The van der Waals surface area contributed by atoms with Crippen molar-refractivity contribution in [3.05, 3.63) is 0 Å². The Morgan fingerprint density at radius 2 is 2.05 bits per heavy atom. The number of carbonyl (C=O) groups excluding carboxylic acids is 1. The fourth-order valence-corrected chi connectivity index (χ4v) is 4.91. The van der Waals surface area contributed by atoms with Crippen LogP contribution >= 0.6 is 0 Å². The van der Waals surface area contributed by atoms with Gasteiger partial charge >= 0.3 is 18.3 Å². The fourth-order valence-electron chi connectivity index (χ4n) is 4.91. The maximum Gasteiger partial charge on any atom is 0.340 e. The van der Waals surface area contributed by atoms with Crippen LogP contribution in [0.3, 0.4) is 0 Å². The van der Waals surface area contributed by atoms with E-state index in [-0.39, 0.29) is 17.8 Å². The number of halogens is 4. The molecular formula is C13H16F4O2. The summed E-state index contributed by atoms with van der Waals surface area (Å²) in [5.74, 6) is -3.56. The zero-order valence-electron chi connectivity index (χ0n) is 10.7. The third-order valence-corrected chi connectivity index (χ3v) is 5.72. The second-order valence-electron chi connectivity index (χ2n) is 6.25. The molecule has 0 aromatic rings. The maximum absolute atomic E-state index is 12.8. The first-order chi connectivity index (χ1) is 8.74. The first kappa shape index (κ1) is 13.2. The zero-order chi connectivity index (χ0) is 14.2. The van der Waals surface area contributed by atoms with Crippen molar-refractivity contribution >= 4 is 5.97 Å². The summed E-state index contributed by atoms with van der Waals surface area (Å²) in [4.78, 5) is 12.1. The number of ether oxygens (including phenoxy) is 1. The van der Waals surface area contributed by atoms with E-state index in [0.717, 1.165) is 6.42 Å². The van der Waals surface area contributed by atoms with Gasteiger partial charge in [0.25, 0.3) is 0 Å². The molecule has 108 valence electrons. The van der Waals surface area contributed by atoms with Gasteiger partial charge in [0.2, 0.25) is 0 Å². The Kier molecular flexibility index (Phi) is 2.53. The van der Waals surface area contributed by atoms with Crippen molar-refractivity contribution in [2.45, 2.75) is 32.6 Å². The highest BCUT2D eigenvalue weighted by atomic mass is 19.3. The molecule has 6 atom stereocenters. The molecule has 6 unspecified atom stereocenters. The van der Waals surface area contributed by atoms with Crippen molar-refractivity contribution in [2.75, 3.05) is 6.61 Å². The van der Waals surface area contributed by atoms with Gasteiger partial charge in [0.15, 0.2) is 6.61 Å². The Morgan fingerprint density at radius 1 is 1.42 bits per heavy atom. The molecule has 4 saturated carbocycles. The van der Waals surface area contributed by atoms with Crippen LogP contribution in [0.2, 0.25) is 0 Å². The second kappa shape index (κ2) is 3.64. The van der Waals surface area contributed by atoms with E-state index >= 15 is 0 Å². The Labute approximate surface area is 108 Å². The summed E-state index contributed by atoms with van der Waals surface area (Å²) in [5, 5.41) is 0. The van der Waals surface area contributed by atoms with E-state index in [1.54, 1.807) is 0 Å². The van der Waals surface area contributed by atoms with Crippen molar-refractivity contribution in [3.8, 4) is 0 Å². The van der Waals surface area contributed by atoms with E-state index < -0.39 is 30.3 Å². The standard InChI is InChI=1S/C13H16F4O2/c1-5-7-3-8-9(5)13(8,6(7)2)11(18)19-4-12(16,17)10(14)15/h5-10H,3-4H2,1-2H3. The highest BCUT2D eigenvalue weighted by molar-refractivity contribution is 5.84. The van der Waals surface area contributed by atoms with Gasteiger partial charge < -0.3 is 4.74 Å². The fraction of sp³-hybridized carbons (Fsp3) is 0.923. The summed E-state index contributed by atoms with van der Waals surface area (Å²) in [6.07, 6.45) is -2.87. The summed E-state index contributed by atoms with van der Waals surface area (Å²) in [6, 6.07) is 0. The molecule has 0 radical (unpaired) electrons. The molecule has 0 aromatic heterocycles. The lowest BCUT2D eigenvalue weighted by atomic mass is 9.90. The van der Waals surface area contributed by atoms with E-state index in [1.165, 1.54) is 0 Å². The molecule has 0 saturated heterocycles. The van der Waals surface area contributed by atoms with Crippen LogP contribution < -0.4 is 0 Å². The topological polar surface area (TPSA) is 26.3 Å². The van der Waals surface area contributed by atoms with Gasteiger partial charge in [0, 0.05) is 0 Å². The molecule has 4 aliphatic rings. The van der Waals surface area contributed by atoms with Crippen LogP contribution in [0.1, 0.15) is 20.3 Å². The largest absolute Gasteiger partial charge is 0.459 e. The Morgan fingerprint density at radius 3 is 2.42 bits per heavy atom. The third kappa shape index (κ3) is 1.40. The van der Waals surface area contributed by atoms with Crippen molar-refractivity contribution < 1.29 is 27.1 Å². The SMILES string of the molecule is CC1C2CC3C1C3(C(=O)OCC(F)(F)C(F)F)C2C. The predicted octanol–water partition coefficient (Wildman–Crippen LogP) is 2.97. The van der Waals surface area contributed by atoms with Crippen molar-refractivity contribution in [3.63, 3.8) is 0 Å². The molecule has 19 heavy (non-hydrogen) atoms. The first-order valence-electron chi connectivity index (χ1n) is 6.57. The number of hydrogen-bond donors (Lipinski definition) is 0. The minimum atomic E-state index is -4.26. The lowest BCUT2D eigenvalue weighted by molar-refractivity contribution is -0.185. The molecule has 0 aliphatic heterocycles. The first-order valence-corrected chi connectivity index (χ1v) is 6.57. The molecule has 0 N–H and O–H groups in total. The number of carbonyl (C=O) groups is 1. The Hall–Kier alpha value is -0.810. The summed E-state index contributed by atoms with van der Waals surface area (Å²) in [7, 11) is 0. The lowest BCUT2D eigenvalue weighted by Gasteiger charge is -2.20. The normalized spacial score (nSPS) is 46.8. The molecule has 4 rings (SSSR count). The summed E-state index contributed by atoms with van der Waals surface area (Å²) < 4.78 is 54.2. The molecule has 4 fully saturated rings. The average Bonchev–Trinajstić information content (AvgIpc) is 2.63. The minimum Gasteiger partial charge on any atom is -0.459 e. The van der Waals surface area contributed by atoms with Gasteiger partial charge in [-0.05, 0) is 36.0 Å². The predicted molar refractivity (Wildman–Crippen MR) is 57.8 cm³/mol. The van der Waals surface area contributed by atoms with Gasteiger partial charge in [-0.3, -0.25) is 4.79 Å². The van der Waals surface area contributed by atoms with E-state index in [0.29, 0.717) is 11.8 Å². The van der Waals surface area contributed by atoms with Crippen LogP contribution in [0.5, 0.6) is 0 Å². The molecule has 0 spiro atoms. The molecule has 2 nitrogen and oxygen atoms in total. The third-order valence-electron chi connectivity index (χ3n) is 5.72. The number of hydrogen-bond acceptors (Lipinski definition) is 2. The van der Waals surface area contributed by atoms with Crippen LogP contribution in [-0.2, 0) is 9.53 Å². The highest BCUT2D eigenvalue weighted by Gasteiger charge is 2.84. The number of alkyl halides is 4. The monoisotopic (exact) mass is 280 g/mol. The van der Waals surface area contributed by atoms with Gasteiger partial charge in [0.05, 0.1) is 5.41 Å².